The summed E-state index contributed by atoms with van der Waals surface area (Å²) in [4.78, 5) is 45.9. The number of hydrogen-bond acceptors (Lipinski definition) is 6. The van der Waals surface area contributed by atoms with Crippen LogP contribution in [-0.4, -0.2) is 50.1 Å². The largest absolute Gasteiger partial charge is 0.455 e. The van der Waals surface area contributed by atoms with Gasteiger partial charge in [0.1, 0.15) is 0 Å². The third-order valence-corrected chi connectivity index (χ3v) is 4.34. The number of nitrogens with one attached hydrogen (secondary N) is 2. The van der Waals surface area contributed by atoms with Crippen molar-refractivity contribution in [2.45, 2.75) is 38.5 Å². The lowest BCUT2D eigenvalue weighted by Crippen LogP contribution is -2.39. The predicted molar refractivity (Wildman–Crippen MR) is 82.6 cm³/mol. The minimum atomic E-state index is -0.409. The molecule has 0 heterocycles. The van der Waals surface area contributed by atoms with Crippen LogP contribution < -0.4 is 10.6 Å². The Hall–Kier alpha value is -2.12. The molecule has 0 unspecified atom stereocenters. The number of carbonyl (C=O) groups is 4. The molecule has 2 rings (SSSR count). The van der Waals surface area contributed by atoms with Crippen LogP contribution in [0.3, 0.4) is 0 Å². The first-order valence-electron chi connectivity index (χ1n) is 8.43. The molecule has 0 aliphatic heterocycles. The van der Waals surface area contributed by atoms with Crippen LogP contribution in [0.15, 0.2) is 0 Å². The van der Waals surface area contributed by atoms with Gasteiger partial charge < -0.3 is 20.1 Å². The summed E-state index contributed by atoms with van der Waals surface area (Å²) >= 11 is 0. The molecule has 2 fully saturated rings. The topological polar surface area (TPSA) is 111 Å². The maximum Gasteiger partial charge on any atom is 0.309 e. The molecule has 2 aliphatic rings. The third-order valence-electron chi connectivity index (χ3n) is 4.34. The average molecular weight is 340 g/mol. The molecule has 2 saturated carbocycles. The third kappa shape index (κ3) is 5.82. The minimum absolute atomic E-state index is 0.0558. The van der Waals surface area contributed by atoms with Crippen LogP contribution in [-0.2, 0) is 28.7 Å². The van der Waals surface area contributed by atoms with E-state index in [9.17, 15) is 19.2 Å². The van der Waals surface area contributed by atoms with E-state index in [-0.39, 0.29) is 50.1 Å². The summed E-state index contributed by atoms with van der Waals surface area (Å²) < 4.78 is 9.79. The maximum absolute atomic E-state index is 11.5. The zero-order valence-corrected chi connectivity index (χ0v) is 13.7. The van der Waals surface area contributed by atoms with Crippen LogP contribution in [0.2, 0.25) is 0 Å². The highest BCUT2D eigenvalue weighted by atomic mass is 16.5. The van der Waals surface area contributed by atoms with Gasteiger partial charge in [-0.05, 0) is 25.7 Å². The van der Waals surface area contributed by atoms with Crippen molar-refractivity contribution in [2.24, 2.45) is 11.8 Å². The second kappa shape index (κ2) is 9.24. The molecule has 8 heteroatoms. The van der Waals surface area contributed by atoms with E-state index in [1.54, 1.807) is 0 Å². The first kappa shape index (κ1) is 18.2. The van der Waals surface area contributed by atoms with Gasteiger partial charge in [-0.15, -0.1) is 0 Å². The molecule has 0 aromatic heterocycles. The highest BCUT2D eigenvalue weighted by molar-refractivity contribution is 5.82. The molecule has 0 aromatic carbocycles. The van der Waals surface area contributed by atoms with Crippen molar-refractivity contribution in [1.82, 2.24) is 10.6 Å². The fourth-order valence-electron chi connectivity index (χ4n) is 2.30. The first-order valence-corrected chi connectivity index (χ1v) is 8.43. The fourth-order valence-corrected chi connectivity index (χ4v) is 2.30. The van der Waals surface area contributed by atoms with Crippen molar-refractivity contribution < 1.29 is 28.7 Å². The summed E-state index contributed by atoms with van der Waals surface area (Å²) in [6, 6.07) is 0. The first-order chi connectivity index (χ1) is 11.6. The molecule has 0 spiro atoms. The van der Waals surface area contributed by atoms with E-state index in [0.717, 1.165) is 38.5 Å². The molecule has 0 saturated heterocycles. The Morgan fingerprint density at radius 1 is 0.708 bits per heavy atom. The Balaban J connectivity index is 1.44. The highest BCUT2D eigenvalue weighted by Gasteiger charge is 2.27. The summed E-state index contributed by atoms with van der Waals surface area (Å²) in [5.74, 6) is -1.57. The van der Waals surface area contributed by atoms with Crippen molar-refractivity contribution in [1.29, 1.82) is 0 Å². The van der Waals surface area contributed by atoms with Crippen LogP contribution in [0.4, 0.5) is 0 Å². The van der Waals surface area contributed by atoms with Gasteiger partial charge in [-0.2, -0.15) is 0 Å². The molecular weight excluding hydrogens is 316 g/mol. The Labute approximate surface area is 140 Å². The number of hydrogen-bond donors (Lipinski definition) is 2. The second-order valence-electron chi connectivity index (χ2n) is 6.17. The van der Waals surface area contributed by atoms with Gasteiger partial charge in [-0.1, -0.05) is 12.8 Å². The lowest BCUT2D eigenvalue weighted by Gasteiger charge is -2.23. The Morgan fingerprint density at radius 3 is 1.38 bits per heavy atom. The Bertz CT molecular complexity index is 441. The van der Waals surface area contributed by atoms with Gasteiger partial charge in [0.05, 0.1) is 11.8 Å². The summed E-state index contributed by atoms with van der Waals surface area (Å²) in [7, 11) is 0. The fraction of sp³-hybridized carbons (Fsp3) is 0.750. The molecule has 24 heavy (non-hydrogen) atoms. The molecule has 0 bridgehead atoms. The standard InChI is InChI=1S/C16H24N2O6/c19-13(9-23-15(21)11-3-1-4-11)17-7-8-18-14(20)10-24-16(22)12-5-2-6-12/h11-12H,1-10H2,(H,17,19)(H,18,20). The van der Waals surface area contributed by atoms with Crippen LogP contribution in [0.1, 0.15) is 38.5 Å². The van der Waals surface area contributed by atoms with Crippen LogP contribution in [0.5, 0.6) is 0 Å². The zero-order chi connectivity index (χ0) is 17.4. The van der Waals surface area contributed by atoms with E-state index in [1.807, 2.05) is 0 Å². The van der Waals surface area contributed by atoms with Gasteiger partial charge in [0.15, 0.2) is 13.2 Å². The predicted octanol–water partition coefficient (Wildman–Crippen LogP) is -0.0946. The highest BCUT2D eigenvalue weighted by Crippen LogP contribution is 2.27. The van der Waals surface area contributed by atoms with Gasteiger partial charge >= 0.3 is 11.9 Å². The van der Waals surface area contributed by atoms with E-state index in [0.29, 0.717) is 0 Å². The molecule has 0 aromatic rings. The molecule has 2 N–H and O–H groups in total. The van der Waals surface area contributed by atoms with Crippen LogP contribution >= 0.6 is 0 Å². The van der Waals surface area contributed by atoms with Gasteiger partial charge in [0.2, 0.25) is 0 Å². The van der Waals surface area contributed by atoms with Crippen molar-refractivity contribution in [3.05, 3.63) is 0 Å². The van der Waals surface area contributed by atoms with Crippen molar-refractivity contribution in [3.8, 4) is 0 Å². The number of esters is 2. The molecule has 8 nitrogen and oxygen atoms in total. The van der Waals surface area contributed by atoms with Gasteiger partial charge in [-0.25, -0.2) is 0 Å². The van der Waals surface area contributed by atoms with E-state index < -0.39 is 11.8 Å². The van der Waals surface area contributed by atoms with Gasteiger partial charge in [0.25, 0.3) is 11.8 Å². The minimum Gasteiger partial charge on any atom is -0.455 e. The zero-order valence-electron chi connectivity index (χ0n) is 13.7. The molecule has 0 atom stereocenters. The van der Waals surface area contributed by atoms with Crippen LogP contribution in [0, 0.1) is 11.8 Å². The maximum atomic E-state index is 11.5. The van der Waals surface area contributed by atoms with Crippen molar-refractivity contribution >= 4 is 23.8 Å². The molecule has 2 amide bonds. The summed E-state index contributed by atoms with van der Waals surface area (Å²) in [5.41, 5.74) is 0. The molecule has 0 radical (unpaired) electrons. The molecule has 134 valence electrons. The van der Waals surface area contributed by atoms with E-state index in [1.165, 1.54) is 0 Å². The summed E-state index contributed by atoms with van der Waals surface area (Å²) in [6.07, 6.45) is 5.38. The van der Waals surface area contributed by atoms with Gasteiger partial charge in [0, 0.05) is 13.1 Å². The Kier molecular flexibility index (Phi) is 7.02. The number of amides is 2. The molecular formula is C16H24N2O6. The van der Waals surface area contributed by atoms with Crippen molar-refractivity contribution in [3.63, 3.8) is 0 Å². The normalized spacial score (nSPS) is 17.2. The molecule has 2 aliphatic carbocycles. The lowest BCUT2D eigenvalue weighted by molar-refractivity contribution is -0.155. The van der Waals surface area contributed by atoms with Crippen LogP contribution in [0.25, 0.3) is 0 Å². The SMILES string of the molecule is O=C(COC(=O)C1CCC1)NCCNC(=O)COC(=O)C1CCC1. The number of carbonyl (C=O) groups excluding carboxylic acids is 4. The van der Waals surface area contributed by atoms with E-state index in [4.69, 9.17) is 9.47 Å². The second-order valence-corrected chi connectivity index (χ2v) is 6.17. The van der Waals surface area contributed by atoms with E-state index in [2.05, 4.69) is 10.6 Å². The smallest absolute Gasteiger partial charge is 0.309 e. The quantitative estimate of drug-likeness (QED) is 0.448. The average Bonchev–Trinajstić information content (AvgIpc) is 2.44. The number of ether oxygens (including phenoxy) is 2. The summed E-state index contributed by atoms with van der Waals surface area (Å²) in [6.45, 7) is -0.186. The number of rotatable bonds is 9. The van der Waals surface area contributed by atoms with Gasteiger partial charge in [-0.3, -0.25) is 19.2 Å². The monoisotopic (exact) mass is 340 g/mol. The van der Waals surface area contributed by atoms with Crippen molar-refractivity contribution in [2.75, 3.05) is 26.3 Å². The van der Waals surface area contributed by atoms with E-state index >= 15 is 0 Å². The Morgan fingerprint density at radius 2 is 1.08 bits per heavy atom. The summed E-state index contributed by atoms with van der Waals surface area (Å²) in [5, 5.41) is 5.06. The lowest BCUT2D eigenvalue weighted by atomic mass is 9.86.